The van der Waals surface area contributed by atoms with E-state index in [1.165, 1.54) is 0 Å². The van der Waals surface area contributed by atoms with Crippen molar-refractivity contribution >= 4 is 5.84 Å². The molecule has 0 aliphatic carbocycles. The SMILES string of the molecule is CCC(CC(=N)N)N1CCCC1CO. The molecule has 0 aromatic rings. The Morgan fingerprint density at radius 2 is 2.43 bits per heavy atom. The molecule has 1 fully saturated rings. The van der Waals surface area contributed by atoms with Crippen LogP contribution in [0.25, 0.3) is 0 Å². The van der Waals surface area contributed by atoms with E-state index in [1.807, 2.05) is 0 Å². The van der Waals surface area contributed by atoms with Gasteiger partial charge in [0.2, 0.25) is 0 Å². The van der Waals surface area contributed by atoms with Crippen LogP contribution in [0.3, 0.4) is 0 Å². The molecule has 2 unspecified atom stereocenters. The van der Waals surface area contributed by atoms with Crippen molar-refractivity contribution in [3.05, 3.63) is 0 Å². The number of rotatable bonds is 5. The Labute approximate surface area is 85.6 Å². The molecule has 1 saturated heterocycles. The van der Waals surface area contributed by atoms with Crippen LogP contribution in [0.1, 0.15) is 32.6 Å². The number of likely N-dealkylation sites (tertiary alicyclic amines) is 1. The Balaban J connectivity index is 2.54. The van der Waals surface area contributed by atoms with Gasteiger partial charge < -0.3 is 10.8 Å². The third-order valence-corrected chi connectivity index (χ3v) is 3.03. The first-order valence-corrected chi connectivity index (χ1v) is 5.38. The number of nitrogens with one attached hydrogen (secondary N) is 1. The van der Waals surface area contributed by atoms with E-state index in [4.69, 9.17) is 11.1 Å². The van der Waals surface area contributed by atoms with Crippen LogP contribution >= 0.6 is 0 Å². The Kier molecular flexibility index (Phi) is 4.35. The van der Waals surface area contributed by atoms with Crippen LogP contribution in [0.5, 0.6) is 0 Å². The highest BCUT2D eigenvalue weighted by atomic mass is 16.3. The molecule has 14 heavy (non-hydrogen) atoms. The van der Waals surface area contributed by atoms with Gasteiger partial charge in [-0.25, -0.2) is 0 Å². The summed E-state index contributed by atoms with van der Waals surface area (Å²) in [4.78, 5) is 2.31. The lowest BCUT2D eigenvalue weighted by atomic mass is 10.1. The first kappa shape index (κ1) is 11.5. The van der Waals surface area contributed by atoms with Gasteiger partial charge in [0.25, 0.3) is 0 Å². The highest BCUT2D eigenvalue weighted by molar-refractivity contribution is 5.77. The van der Waals surface area contributed by atoms with E-state index in [0.717, 1.165) is 25.8 Å². The maximum absolute atomic E-state index is 9.19. The molecule has 4 heteroatoms. The minimum atomic E-state index is 0.231. The van der Waals surface area contributed by atoms with E-state index >= 15 is 0 Å². The van der Waals surface area contributed by atoms with Crippen molar-refractivity contribution in [1.82, 2.24) is 4.90 Å². The van der Waals surface area contributed by atoms with Gasteiger partial charge in [-0.3, -0.25) is 10.3 Å². The Morgan fingerprint density at radius 1 is 1.71 bits per heavy atom. The monoisotopic (exact) mass is 199 g/mol. The van der Waals surface area contributed by atoms with Gasteiger partial charge in [0.1, 0.15) is 0 Å². The van der Waals surface area contributed by atoms with Crippen LogP contribution in [0.4, 0.5) is 0 Å². The van der Waals surface area contributed by atoms with Crippen molar-refractivity contribution in [3.63, 3.8) is 0 Å². The average molecular weight is 199 g/mol. The van der Waals surface area contributed by atoms with E-state index in [-0.39, 0.29) is 12.4 Å². The predicted octanol–water partition coefficient (Wildman–Crippen LogP) is 0.548. The average Bonchev–Trinajstić information content (AvgIpc) is 2.61. The summed E-state index contributed by atoms with van der Waals surface area (Å²) in [5.41, 5.74) is 5.42. The lowest BCUT2D eigenvalue weighted by Gasteiger charge is -2.31. The third-order valence-electron chi connectivity index (χ3n) is 3.03. The van der Waals surface area contributed by atoms with E-state index in [0.29, 0.717) is 18.5 Å². The molecule has 4 N–H and O–H groups in total. The Morgan fingerprint density at radius 3 is 2.93 bits per heavy atom. The molecule has 0 saturated carbocycles. The summed E-state index contributed by atoms with van der Waals surface area (Å²) in [5, 5.41) is 16.5. The molecule has 2 atom stereocenters. The van der Waals surface area contributed by atoms with E-state index in [1.54, 1.807) is 0 Å². The lowest BCUT2D eigenvalue weighted by Crippen LogP contribution is -2.42. The molecule has 1 aliphatic rings. The third kappa shape index (κ3) is 2.69. The molecule has 1 heterocycles. The molecule has 0 aromatic heterocycles. The zero-order valence-corrected chi connectivity index (χ0v) is 8.87. The molecule has 1 aliphatic heterocycles. The van der Waals surface area contributed by atoms with Crippen LogP contribution in [-0.2, 0) is 0 Å². The minimum Gasteiger partial charge on any atom is -0.395 e. The summed E-state index contributed by atoms with van der Waals surface area (Å²) in [5.74, 6) is 0.250. The van der Waals surface area contributed by atoms with Gasteiger partial charge in [-0.1, -0.05) is 6.92 Å². The van der Waals surface area contributed by atoms with Crippen molar-refractivity contribution in [3.8, 4) is 0 Å². The number of aliphatic hydroxyl groups excluding tert-OH is 1. The van der Waals surface area contributed by atoms with Gasteiger partial charge in [0, 0.05) is 18.5 Å². The second-order valence-corrected chi connectivity index (χ2v) is 4.01. The van der Waals surface area contributed by atoms with Crippen LogP contribution in [-0.4, -0.2) is 41.1 Å². The van der Waals surface area contributed by atoms with Crippen molar-refractivity contribution in [2.24, 2.45) is 5.73 Å². The van der Waals surface area contributed by atoms with Crippen LogP contribution in [0.2, 0.25) is 0 Å². The molecule has 0 spiro atoms. The van der Waals surface area contributed by atoms with E-state index < -0.39 is 0 Å². The summed E-state index contributed by atoms with van der Waals surface area (Å²) >= 11 is 0. The molecule has 1 rings (SSSR count). The van der Waals surface area contributed by atoms with E-state index in [2.05, 4.69) is 11.8 Å². The molecule has 0 amide bonds. The van der Waals surface area contributed by atoms with Crippen LogP contribution < -0.4 is 5.73 Å². The van der Waals surface area contributed by atoms with Gasteiger partial charge in [-0.2, -0.15) is 0 Å². The second kappa shape index (κ2) is 5.32. The number of hydrogen-bond donors (Lipinski definition) is 3. The number of aliphatic hydroxyl groups is 1. The Hall–Kier alpha value is -0.610. The number of nitrogens with two attached hydrogens (primary N) is 1. The maximum Gasteiger partial charge on any atom is 0.0921 e. The summed E-state index contributed by atoms with van der Waals surface area (Å²) in [6, 6.07) is 0.631. The normalized spacial score (nSPS) is 25.1. The molecule has 0 radical (unpaired) electrons. The fourth-order valence-electron chi connectivity index (χ4n) is 2.28. The number of hydrogen-bond acceptors (Lipinski definition) is 3. The number of amidine groups is 1. The number of nitrogens with zero attached hydrogens (tertiary/aromatic N) is 1. The highest BCUT2D eigenvalue weighted by Crippen LogP contribution is 2.22. The summed E-state index contributed by atoms with van der Waals surface area (Å²) < 4.78 is 0. The standard InChI is InChI=1S/C10H21N3O/c1-2-8(6-10(11)12)13-5-3-4-9(13)7-14/h8-9,14H,2-7H2,1H3,(H3,11,12). The van der Waals surface area contributed by atoms with Gasteiger partial charge in [-0.15, -0.1) is 0 Å². The quantitative estimate of drug-likeness (QED) is 0.447. The van der Waals surface area contributed by atoms with Crippen molar-refractivity contribution in [2.75, 3.05) is 13.2 Å². The molecular weight excluding hydrogens is 178 g/mol. The lowest BCUT2D eigenvalue weighted by molar-refractivity contribution is 0.119. The Bertz CT molecular complexity index is 196. The predicted molar refractivity (Wildman–Crippen MR) is 57.4 cm³/mol. The minimum absolute atomic E-state index is 0.231. The van der Waals surface area contributed by atoms with Gasteiger partial charge in [0.05, 0.1) is 12.4 Å². The largest absolute Gasteiger partial charge is 0.395 e. The van der Waals surface area contributed by atoms with Crippen molar-refractivity contribution in [2.45, 2.75) is 44.7 Å². The zero-order valence-electron chi connectivity index (χ0n) is 8.87. The van der Waals surface area contributed by atoms with Crippen LogP contribution in [0.15, 0.2) is 0 Å². The first-order chi connectivity index (χ1) is 6.69. The fourth-order valence-corrected chi connectivity index (χ4v) is 2.28. The van der Waals surface area contributed by atoms with Crippen molar-refractivity contribution in [1.29, 1.82) is 5.41 Å². The summed E-state index contributed by atoms with van der Waals surface area (Å²) in [6.07, 6.45) is 3.85. The summed E-state index contributed by atoms with van der Waals surface area (Å²) in [6.45, 7) is 3.38. The highest BCUT2D eigenvalue weighted by Gasteiger charge is 2.29. The first-order valence-electron chi connectivity index (χ1n) is 5.38. The molecule has 0 aromatic carbocycles. The topological polar surface area (TPSA) is 73.3 Å². The van der Waals surface area contributed by atoms with Gasteiger partial charge in [-0.05, 0) is 25.8 Å². The zero-order chi connectivity index (χ0) is 10.6. The molecule has 4 nitrogen and oxygen atoms in total. The molecule has 0 bridgehead atoms. The maximum atomic E-state index is 9.19. The summed E-state index contributed by atoms with van der Waals surface area (Å²) in [7, 11) is 0. The van der Waals surface area contributed by atoms with Gasteiger partial charge >= 0.3 is 0 Å². The van der Waals surface area contributed by atoms with E-state index in [9.17, 15) is 5.11 Å². The molecule has 82 valence electrons. The molecular formula is C10H21N3O. The van der Waals surface area contributed by atoms with Crippen LogP contribution in [0, 0.1) is 5.41 Å². The van der Waals surface area contributed by atoms with Gasteiger partial charge in [0.15, 0.2) is 0 Å². The fraction of sp³-hybridized carbons (Fsp3) is 0.900. The second-order valence-electron chi connectivity index (χ2n) is 4.01. The smallest absolute Gasteiger partial charge is 0.0921 e. The van der Waals surface area contributed by atoms with Crippen molar-refractivity contribution < 1.29 is 5.11 Å².